The van der Waals surface area contributed by atoms with Gasteiger partial charge in [-0.3, -0.25) is 19.7 Å². The number of nitro groups is 1. The number of nitrogens with zero attached hydrogens (tertiary/aromatic N) is 3. The Kier molecular flexibility index (Phi) is 6.07. The van der Waals surface area contributed by atoms with Crippen LogP contribution in [0.2, 0.25) is 0 Å². The third-order valence-corrected chi connectivity index (χ3v) is 5.05. The highest BCUT2D eigenvalue weighted by Crippen LogP contribution is 2.34. The molecule has 0 aromatic heterocycles. The van der Waals surface area contributed by atoms with Gasteiger partial charge >= 0.3 is 0 Å². The quantitative estimate of drug-likeness (QED) is 0.453. The smallest absolute Gasteiger partial charge is 0.277 e. The highest BCUT2D eigenvalue weighted by Gasteiger charge is 2.22. The molecule has 1 fully saturated rings. The molecule has 0 bridgehead atoms. The second-order valence-corrected chi connectivity index (χ2v) is 7.03. The van der Waals surface area contributed by atoms with E-state index in [0.29, 0.717) is 37.3 Å². The van der Waals surface area contributed by atoms with Gasteiger partial charge in [-0.05, 0) is 24.1 Å². The molecule has 1 saturated heterocycles. The Hall–Kier alpha value is -3.48. The molecule has 0 aliphatic carbocycles. The number of aryl methyl sites for hydroxylation is 1. The van der Waals surface area contributed by atoms with Gasteiger partial charge in [0.2, 0.25) is 11.8 Å². The van der Waals surface area contributed by atoms with Crippen molar-refractivity contribution in [2.24, 2.45) is 0 Å². The van der Waals surface area contributed by atoms with Gasteiger partial charge in [-0.25, -0.2) is 0 Å². The molecule has 7 heteroatoms. The standard InChI is InChI=1S/C22H23N3O4/c1-16-6-8-19(9-7-16)22-18(4-3-5-20(22)25(28)29)10-11-21(27)24-14-12-23(13-15-24)17(2)26/h3-11H,12-15H2,1-2H3/b11-10+. The molecule has 0 saturated carbocycles. The molecule has 150 valence electrons. The van der Waals surface area contributed by atoms with Crippen LogP contribution in [-0.2, 0) is 9.59 Å². The van der Waals surface area contributed by atoms with Crippen molar-refractivity contribution < 1.29 is 14.5 Å². The predicted molar refractivity (Wildman–Crippen MR) is 111 cm³/mol. The fourth-order valence-electron chi connectivity index (χ4n) is 3.39. The molecule has 1 aliphatic heterocycles. The van der Waals surface area contributed by atoms with E-state index in [9.17, 15) is 19.7 Å². The average Bonchev–Trinajstić information content (AvgIpc) is 2.72. The van der Waals surface area contributed by atoms with Gasteiger partial charge < -0.3 is 9.80 Å². The van der Waals surface area contributed by atoms with Crippen LogP contribution in [0.4, 0.5) is 5.69 Å². The van der Waals surface area contributed by atoms with Crippen LogP contribution in [-0.4, -0.2) is 52.7 Å². The minimum absolute atomic E-state index is 0.00137. The molecule has 7 nitrogen and oxygen atoms in total. The van der Waals surface area contributed by atoms with Crippen LogP contribution in [0.3, 0.4) is 0 Å². The van der Waals surface area contributed by atoms with Crippen molar-refractivity contribution >= 4 is 23.6 Å². The van der Waals surface area contributed by atoms with Crippen molar-refractivity contribution in [1.29, 1.82) is 0 Å². The van der Waals surface area contributed by atoms with E-state index >= 15 is 0 Å². The van der Waals surface area contributed by atoms with Gasteiger partial charge in [0.1, 0.15) is 0 Å². The molecule has 2 aromatic carbocycles. The lowest BCUT2D eigenvalue weighted by atomic mass is 9.96. The van der Waals surface area contributed by atoms with E-state index in [-0.39, 0.29) is 17.5 Å². The normalized spacial score (nSPS) is 14.3. The summed E-state index contributed by atoms with van der Waals surface area (Å²) in [5.74, 6) is -0.165. The number of rotatable bonds is 4. The van der Waals surface area contributed by atoms with E-state index in [2.05, 4.69) is 0 Å². The molecule has 1 aliphatic rings. The van der Waals surface area contributed by atoms with Gasteiger partial charge in [0.25, 0.3) is 5.69 Å². The van der Waals surface area contributed by atoms with Crippen LogP contribution < -0.4 is 0 Å². The summed E-state index contributed by atoms with van der Waals surface area (Å²) in [6.45, 7) is 5.45. The van der Waals surface area contributed by atoms with E-state index in [1.54, 1.807) is 28.0 Å². The Morgan fingerprint density at radius 1 is 1.00 bits per heavy atom. The molecule has 3 rings (SSSR count). The number of carbonyl (C=O) groups is 2. The third-order valence-electron chi connectivity index (χ3n) is 5.05. The Morgan fingerprint density at radius 2 is 1.62 bits per heavy atom. The third kappa shape index (κ3) is 4.68. The zero-order valence-corrected chi connectivity index (χ0v) is 16.5. The zero-order valence-electron chi connectivity index (χ0n) is 16.5. The highest BCUT2D eigenvalue weighted by atomic mass is 16.6. The minimum Gasteiger partial charge on any atom is -0.339 e. The maximum Gasteiger partial charge on any atom is 0.277 e. The van der Waals surface area contributed by atoms with E-state index in [4.69, 9.17) is 0 Å². The Bertz CT molecular complexity index is 959. The van der Waals surface area contributed by atoms with Crippen molar-refractivity contribution in [2.75, 3.05) is 26.2 Å². The Balaban J connectivity index is 1.86. The first-order valence-electron chi connectivity index (χ1n) is 9.44. The monoisotopic (exact) mass is 393 g/mol. The molecular formula is C22H23N3O4. The molecule has 1 heterocycles. The molecule has 0 spiro atoms. The van der Waals surface area contributed by atoms with Crippen molar-refractivity contribution in [3.8, 4) is 11.1 Å². The summed E-state index contributed by atoms with van der Waals surface area (Å²) in [6, 6.07) is 12.3. The summed E-state index contributed by atoms with van der Waals surface area (Å²) < 4.78 is 0. The second-order valence-electron chi connectivity index (χ2n) is 7.03. The van der Waals surface area contributed by atoms with Gasteiger partial charge in [0.05, 0.1) is 10.5 Å². The molecule has 2 amide bonds. The van der Waals surface area contributed by atoms with Crippen LogP contribution in [0, 0.1) is 17.0 Å². The number of amides is 2. The SMILES string of the molecule is CC(=O)N1CCN(C(=O)/C=C/c2cccc([N+](=O)[O-])c2-c2ccc(C)cc2)CC1. The summed E-state index contributed by atoms with van der Waals surface area (Å²) >= 11 is 0. The number of hydrogen-bond acceptors (Lipinski definition) is 4. The lowest BCUT2D eigenvalue weighted by Gasteiger charge is -2.33. The summed E-state index contributed by atoms with van der Waals surface area (Å²) in [6.07, 6.45) is 3.07. The number of carbonyl (C=O) groups excluding carboxylic acids is 2. The lowest BCUT2D eigenvalue weighted by molar-refractivity contribution is -0.384. The molecule has 0 atom stereocenters. The fraction of sp³-hybridized carbons (Fsp3) is 0.273. The van der Waals surface area contributed by atoms with Crippen LogP contribution in [0.15, 0.2) is 48.5 Å². The zero-order chi connectivity index (χ0) is 21.0. The lowest BCUT2D eigenvalue weighted by Crippen LogP contribution is -2.49. The van der Waals surface area contributed by atoms with Crippen molar-refractivity contribution in [3.63, 3.8) is 0 Å². The summed E-state index contributed by atoms with van der Waals surface area (Å²) in [5, 5.41) is 11.6. The Labute approximate surface area is 169 Å². The highest BCUT2D eigenvalue weighted by molar-refractivity contribution is 5.94. The first-order valence-corrected chi connectivity index (χ1v) is 9.44. The van der Waals surface area contributed by atoms with Crippen molar-refractivity contribution in [3.05, 3.63) is 69.8 Å². The fourth-order valence-corrected chi connectivity index (χ4v) is 3.39. The molecule has 2 aromatic rings. The van der Waals surface area contributed by atoms with Gasteiger partial charge in [-0.1, -0.05) is 42.0 Å². The van der Waals surface area contributed by atoms with Gasteiger partial charge in [0, 0.05) is 45.2 Å². The van der Waals surface area contributed by atoms with Crippen LogP contribution in [0.5, 0.6) is 0 Å². The average molecular weight is 393 g/mol. The van der Waals surface area contributed by atoms with E-state index in [1.807, 2.05) is 31.2 Å². The summed E-state index contributed by atoms with van der Waals surface area (Å²) in [7, 11) is 0. The number of hydrogen-bond donors (Lipinski definition) is 0. The topological polar surface area (TPSA) is 83.8 Å². The van der Waals surface area contributed by atoms with E-state index in [0.717, 1.165) is 11.1 Å². The van der Waals surface area contributed by atoms with Gasteiger partial charge in [-0.15, -0.1) is 0 Å². The molecule has 0 N–H and O–H groups in total. The maximum atomic E-state index is 12.6. The number of benzene rings is 2. The number of piperazine rings is 1. The number of nitro benzene ring substituents is 1. The summed E-state index contributed by atoms with van der Waals surface area (Å²) in [4.78, 5) is 38.5. The first-order chi connectivity index (χ1) is 13.9. The Morgan fingerprint density at radius 3 is 2.21 bits per heavy atom. The van der Waals surface area contributed by atoms with Crippen LogP contribution in [0.25, 0.3) is 17.2 Å². The second kappa shape index (κ2) is 8.68. The van der Waals surface area contributed by atoms with Crippen molar-refractivity contribution in [2.45, 2.75) is 13.8 Å². The van der Waals surface area contributed by atoms with E-state index < -0.39 is 4.92 Å². The largest absolute Gasteiger partial charge is 0.339 e. The maximum absolute atomic E-state index is 12.6. The van der Waals surface area contributed by atoms with Gasteiger partial charge in [0.15, 0.2) is 0 Å². The van der Waals surface area contributed by atoms with Crippen LogP contribution >= 0.6 is 0 Å². The van der Waals surface area contributed by atoms with Crippen molar-refractivity contribution in [1.82, 2.24) is 9.80 Å². The van der Waals surface area contributed by atoms with E-state index in [1.165, 1.54) is 19.1 Å². The predicted octanol–water partition coefficient (Wildman–Crippen LogP) is 3.27. The first kappa shape index (κ1) is 20.3. The minimum atomic E-state index is -0.407. The molecular weight excluding hydrogens is 370 g/mol. The van der Waals surface area contributed by atoms with Gasteiger partial charge in [-0.2, -0.15) is 0 Å². The molecule has 29 heavy (non-hydrogen) atoms. The molecule has 0 unspecified atom stereocenters. The molecule has 0 radical (unpaired) electrons. The summed E-state index contributed by atoms with van der Waals surface area (Å²) in [5.41, 5.74) is 2.88. The van der Waals surface area contributed by atoms with Crippen LogP contribution in [0.1, 0.15) is 18.1 Å².